The lowest BCUT2D eigenvalue weighted by atomic mass is 10.2. The van der Waals surface area contributed by atoms with Crippen LogP contribution in [0.2, 0.25) is 5.02 Å². The Morgan fingerprint density at radius 2 is 1.94 bits per heavy atom. The van der Waals surface area contributed by atoms with Crippen LogP contribution in [-0.2, 0) is 9.59 Å². The first-order chi connectivity index (χ1) is 8.47. The molecule has 1 aromatic rings. The predicted octanol–water partition coefficient (Wildman–Crippen LogP) is 2.13. The molecule has 0 aromatic heterocycles. The fourth-order valence-electron chi connectivity index (χ4n) is 1.82. The summed E-state index contributed by atoms with van der Waals surface area (Å²) in [6.07, 6.45) is 0. The Morgan fingerprint density at radius 3 is 2.50 bits per heavy atom. The molecule has 0 saturated carbocycles. The summed E-state index contributed by atoms with van der Waals surface area (Å²) in [5.41, 5.74) is 1.39. The molecule has 0 atom stereocenters. The average Bonchev–Trinajstić information content (AvgIpc) is 2.54. The van der Waals surface area contributed by atoms with Crippen LogP contribution in [-0.4, -0.2) is 28.4 Å². The lowest BCUT2D eigenvalue weighted by Gasteiger charge is -2.19. The zero-order valence-corrected chi connectivity index (χ0v) is 11.5. The topological polar surface area (TPSA) is 40.6 Å². The molecule has 18 heavy (non-hydrogen) atoms. The maximum Gasteiger partial charge on any atom is 0.323 e. The summed E-state index contributed by atoms with van der Waals surface area (Å²) >= 11 is 11.1. The molecule has 1 heterocycles. The van der Waals surface area contributed by atoms with E-state index in [1.54, 1.807) is 25.1 Å². The molecule has 2 amide bonds. The Kier molecular flexibility index (Phi) is 3.36. The second kappa shape index (κ2) is 4.66. The van der Waals surface area contributed by atoms with Crippen molar-refractivity contribution in [2.75, 3.05) is 11.4 Å². The van der Waals surface area contributed by atoms with Crippen molar-refractivity contribution in [1.82, 2.24) is 4.90 Å². The van der Waals surface area contributed by atoms with E-state index >= 15 is 0 Å². The molecule has 0 N–H and O–H groups in total. The number of carbonyl (C=O) groups excluding carboxylic acids is 2. The Morgan fingerprint density at radius 1 is 1.28 bits per heavy atom. The van der Waals surface area contributed by atoms with E-state index < -0.39 is 11.8 Å². The molecule has 1 aliphatic rings. The summed E-state index contributed by atoms with van der Waals surface area (Å²) < 4.78 is 0. The number of halogens is 1. The summed E-state index contributed by atoms with van der Waals surface area (Å²) in [6, 6.07) is 5.14. The first-order valence-electron chi connectivity index (χ1n) is 5.43. The Hall–Kier alpha value is -1.46. The monoisotopic (exact) mass is 282 g/mol. The van der Waals surface area contributed by atoms with E-state index in [0.29, 0.717) is 17.3 Å². The number of hydrogen-bond donors (Lipinski definition) is 0. The van der Waals surface area contributed by atoms with Crippen LogP contribution in [0.3, 0.4) is 0 Å². The molecule has 4 nitrogen and oxygen atoms in total. The number of nitrogens with zero attached hydrogens (tertiary/aromatic N) is 2. The van der Waals surface area contributed by atoms with Gasteiger partial charge in [0.1, 0.15) is 0 Å². The molecule has 0 unspecified atom stereocenters. The van der Waals surface area contributed by atoms with E-state index in [-0.39, 0.29) is 5.11 Å². The van der Waals surface area contributed by atoms with Gasteiger partial charge in [-0.15, -0.1) is 0 Å². The summed E-state index contributed by atoms with van der Waals surface area (Å²) in [5.74, 6) is -1.23. The van der Waals surface area contributed by atoms with Gasteiger partial charge in [0.15, 0.2) is 5.11 Å². The molecule has 0 aliphatic carbocycles. The quantitative estimate of drug-likeness (QED) is 0.616. The minimum atomic E-state index is -0.632. The van der Waals surface area contributed by atoms with Crippen molar-refractivity contribution in [1.29, 1.82) is 0 Å². The maximum atomic E-state index is 12.0. The van der Waals surface area contributed by atoms with Gasteiger partial charge < -0.3 is 0 Å². The number of likely N-dealkylation sites (N-methyl/N-ethyl adjacent to an activating group) is 1. The lowest BCUT2D eigenvalue weighted by Crippen LogP contribution is -2.33. The van der Waals surface area contributed by atoms with Crippen molar-refractivity contribution < 1.29 is 9.59 Å². The van der Waals surface area contributed by atoms with E-state index in [4.69, 9.17) is 23.8 Å². The number of benzene rings is 1. The lowest BCUT2D eigenvalue weighted by molar-refractivity contribution is -0.139. The van der Waals surface area contributed by atoms with E-state index in [1.807, 2.05) is 6.92 Å². The van der Waals surface area contributed by atoms with Gasteiger partial charge in [-0.05, 0) is 43.8 Å². The molecular weight excluding hydrogens is 272 g/mol. The minimum absolute atomic E-state index is 0.206. The minimum Gasteiger partial charge on any atom is -0.280 e. The average molecular weight is 283 g/mol. The predicted molar refractivity (Wildman–Crippen MR) is 73.7 cm³/mol. The van der Waals surface area contributed by atoms with E-state index in [0.717, 1.165) is 5.56 Å². The van der Waals surface area contributed by atoms with Gasteiger partial charge >= 0.3 is 11.8 Å². The summed E-state index contributed by atoms with van der Waals surface area (Å²) in [7, 11) is 0. The first kappa shape index (κ1) is 13.0. The normalized spacial score (nSPS) is 15.8. The number of hydrogen-bond acceptors (Lipinski definition) is 3. The number of aryl methyl sites for hydroxylation is 1. The van der Waals surface area contributed by atoms with Crippen LogP contribution < -0.4 is 4.90 Å². The molecule has 0 spiro atoms. The molecule has 1 aliphatic heterocycles. The van der Waals surface area contributed by atoms with Gasteiger partial charge in [0.05, 0.1) is 5.69 Å². The fraction of sp³-hybridized carbons (Fsp3) is 0.250. The molecular formula is C12H11ClN2O2S. The third kappa shape index (κ3) is 1.89. The van der Waals surface area contributed by atoms with Crippen LogP contribution in [0.25, 0.3) is 0 Å². The van der Waals surface area contributed by atoms with Crippen LogP contribution in [0.4, 0.5) is 5.69 Å². The molecule has 1 saturated heterocycles. The second-order valence-corrected chi connectivity index (χ2v) is 4.70. The number of amides is 2. The summed E-state index contributed by atoms with van der Waals surface area (Å²) in [5, 5.41) is 0.700. The van der Waals surface area contributed by atoms with E-state index in [1.165, 1.54) is 9.80 Å². The Bertz CT molecular complexity index is 559. The van der Waals surface area contributed by atoms with Crippen LogP contribution in [0.5, 0.6) is 0 Å². The second-order valence-electron chi connectivity index (χ2n) is 3.90. The number of thiocarbonyl (C=S) groups is 1. The molecule has 2 rings (SSSR count). The van der Waals surface area contributed by atoms with E-state index in [9.17, 15) is 9.59 Å². The third-order valence-electron chi connectivity index (χ3n) is 2.78. The molecule has 1 fully saturated rings. The smallest absolute Gasteiger partial charge is 0.280 e. The first-order valence-corrected chi connectivity index (χ1v) is 6.22. The van der Waals surface area contributed by atoms with Gasteiger partial charge in [0.2, 0.25) is 0 Å². The standard InChI is InChI=1S/C12H11ClN2O2S/c1-3-14-10(16)11(17)15(12(14)18)9-6-8(13)5-4-7(9)2/h4-6H,3H2,1-2H3. The van der Waals surface area contributed by atoms with Gasteiger partial charge in [-0.3, -0.25) is 14.5 Å². The highest BCUT2D eigenvalue weighted by Gasteiger charge is 2.42. The number of anilines is 1. The highest BCUT2D eigenvalue weighted by atomic mass is 35.5. The fourth-order valence-corrected chi connectivity index (χ4v) is 2.38. The van der Waals surface area contributed by atoms with Gasteiger partial charge in [-0.1, -0.05) is 17.7 Å². The largest absolute Gasteiger partial charge is 0.323 e. The number of rotatable bonds is 2. The van der Waals surface area contributed by atoms with Crippen molar-refractivity contribution in [3.63, 3.8) is 0 Å². The Balaban J connectivity index is 2.51. The van der Waals surface area contributed by atoms with Crippen LogP contribution in [0.15, 0.2) is 18.2 Å². The van der Waals surface area contributed by atoms with Crippen LogP contribution >= 0.6 is 23.8 Å². The summed E-state index contributed by atoms with van der Waals surface area (Å²) in [6.45, 7) is 3.98. The van der Waals surface area contributed by atoms with Crippen LogP contribution in [0, 0.1) is 6.92 Å². The molecule has 0 bridgehead atoms. The van der Waals surface area contributed by atoms with Crippen molar-refractivity contribution in [3.05, 3.63) is 28.8 Å². The van der Waals surface area contributed by atoms with Crippen molar-refractivity contribution in [3.8, 4) is 0 Å². The van der Waals surface area contributed by atoms with Crippen molar-refractivity contribution >= 4 is 46.4 Å². The van der Waals surface area contributed by atoms with Gasteiger partial charge in [0, 0.05) is 11.6 Å². The van der Waals surface area contributed by atoms with Crippen molar-refractivity contribution in [2.45, 2.75) is 13.8 Å². The zero-order chi connectivity index (χ0) is 13.4. The maximum absolute atomic E-state index is 12.0. The molecule has 94 valence electrons. The molecule has 1 aromatic carbocycles. The highest BCUT2D eigenvalue weighted by molar-refractivity contribution is 7.80. The summed E-state index contributed by atoms with van der Waals surface area (Å²) in [4.78, 5) is 26.2. The van der Waals surface area contributed by atoms with Crippen LogP contribution in [0.1, 0.15) is 12.5 Å². The third-order valence-corrected chi connectivity index (χ3v) is 3.42. The highest BCUT2D eigenvalue weighted by Crippen LogP contribution is 2.28. The number of carbonyl (C=O) groups is 2. The Labute approximate surface area is 115 Å². The molecule has 0 radical (unpaired) electrons. The molecule has 6 heteroatoms. The van der Waals surface area contributed by atoms with Gasteiger partial charge in [-0.25, -0.2) is 4.90 Å². The van der Waals surface area contributed by atoms with E-state index in [2.05, 4.69) is 0 Å². The van der Waals surface area contributed by atoms with Gasteiger partial charge in [0.25, 0.3) is 0 Å². The van der Waals surface area contributed by atoms with Crippen molar-refractivity contribution in [2.24, 2.45) is 0 Å². The van der Waals surface area contributed by atoms with Gasteiger partial charge in [-0.2, -0.15) is 0 Å². The SMILES string of the molecule is CCN1C(=O)C(=O)N(c2cc(Cl)ccc2C)C1=S. The zero-order valence-electron chi connectivity index (χ0n) is 9.94.